The van der Waals surface area contributed by atoms with Crippen molar-refractivity contribution >= 4 is 5.97 Å². The van der Waals surface area contributed by atoms with Crippen molar-refractivity contribution in [2.75, 3.05) is 6.61 Å². The molecule has 0 aromatic carbocycles. The molecule has 0 fully saturated rings. The van der Waals surface area contributed by atoms with E-state index in [4.69, 9.17) is 4.74 Å². The number of hydrogen-bond donors (Lipinski definition) is 0. The van der Waals surface area contributed by atoms with E-state index in [-0.39, 0.29) is 5.97 Å². The summed E-state index contributed by atoms with van der Waals surface area (Å²) in [6, 6.07) is 0. The summed E-state index contributed by atoms with van der Waals surface area (Å²) in [5.74, 6) is 0.539. The maximum atomic E-state index is 10.7. The quantitative estimate of drug-likeness (QED) is 0.535. The molecule has 0 aliphatic carbocycles. The summed E-state index contributed by atoms with van der Waals surface area (Å²) in [6.07, 6.45) is 2.96. The van der Waals surface area contributed by atoms with Crippen LogP contribution in [0.1, 0.15) is 11.5 Å². The molecular weight excluding hydrogens is 180 g/mol. The van der Waals surface area contributed by atoms with Crippen molar-refractivity contribution in [3.63, 3.8) is 0 Å². The third-order valence-corrected chi connectivity index (χ3v) is 1.98. The highest BCUT2D eigenvalue weighted by molar-refractivity contribution is 5.81. The molecule has 0 saturated heterocycles. The highest BCUT2D eigenvalue weighted by atomic mass is 16.5. The van der Waals surface area contributed by atoms with Gasteiger partial charge in [0.1, 0.15) is 12.4 Å². The zero-order chi connectivity index (χ0) is 10.6. The minimum absolute atomic E-state index is 0.350. The molecule has 0 aliphatic rings. The third-order valence-electron chi connectivity index (χ3n) is 1.98. The molecule has 0 spiro atoms. The number of hydrogen-bond acceptors (Lipinski definition) is 3. The molecule has 76 valence electrons. The molecule has 0 unspecified atom stereocenters. The van der Waals surface area contributed by atoms with Crippen LogP contribution in [0.3, 0.4) is 0 Å². The molecule has 1 heterocycles. The smallest absolute Gasteiger partial charge is 0.330 e. The van der Waals surface area contributed by atoms with Crippen molar-refractivity contribution in [1.29, 1.82) is 0 Å². The first-order valence-corrected chi connectivity index (χ1v) is 4.43. The number of rotatable bonds is 4. The van der Waals surface area contributed by atoms with Crippen molar-refractivity contribution in [1.82, 2.24) is 9.55 Å². The van der Waals surface area contributed by atoms with Gasteiger partial charge in [-0.1, -0.05) is 6.58 Å². The summed E-state index contributed by atoms with van der Waals surface area (Å²) in [5.41, 5.74) is 1.07. The molecule has 4 nitrogen and oxygen atoms in total. The first-order chi connectivity index (χ1) is 6.65. The molecule has 0 saturated carbocycles. The fourth-order valence-corrected chi connectivity index (χ4v) is 1.22. The Morgan fingerprint density at radius 2 is 2.43 bits per heavy atom. The second-order valence-electron chi connectivity index (χ2n) is 2.97. The van der Waals surface area contributed by atoms with Crippen LogP contribution in [0.2, 0.25) is 0 Å². The van der Waals surface area contributed by atoms with Crippen LogP contribution in [0.4, 0.5) is 0 Å². The average Bonchev–Trinajstić information content (AvgIpc) is 2.48. The van der Waals surface area contributed by atoms with Crippen molar-refractivity contribution in [2.24, 2.45) is 0 Å². The van der Waals surface area contributed by atoms with Crippen LogP contribution < -0.4 is 0 Å². The summed E-state index contributed by atoms with van der Waals surface area (Å²) in [7, 11) is 0. The van der Waals surface area contributed by atoms with Crippen molar-refractivity contribution in [2.45, 2.75) is 20.4 Å². The standard InChI is InChI=1S/C10H14N2O2/c1-4-10(13)14-6-5-12-8(2)7-11-9(12)3/h4,7H,1,5-6H2,2-3H3. The number of carbonyl (C=O) groups is 1. The maximum Gasteiger partial charge on any atom is 0.330 e. The van der Waals surface area contributed by atoms with E-state index in [1.54, 1.807) is 6.20 Å². The summed E-state index contributed by atoms with van der Waals surface area (Å²) in [5, 5.41) is 0. The highest BCUT2D eigenvalue weighted by Gasteiger charge is 2.02. The Kier molecular flexibility index (Phi) is 3.45. The molecule has 4 heteroatoms. The van der Waals surface area contributed by atoms with E-state index >= 15 is 0 Å². The average molecular weight is 194 g/mol. The lowest BCUT2D eigenvalue weighted by Gasteiger charge is -2.07. The molecule has 14 heavy (non-hydrogen) atoms. The Balaban J connectivity index is 2.46. The number of esters is 1. The Bertz CT molecular complexity index is 322. The van der Waals surface area contributed by atoms with Crippen LogP contribution in [0, 0.1) is 13.8 Å². The molecule has 0 radical (unpaired) electrons. The van der Waals surface area contributed by atoms with Gasteiger partial charge in [0.2, 0.25) is 0 Å². The number of aryl methyl sites for hydroxylation is 2. The maximum absolute atomic E-state index is 10.7. The van der Waals surface area contributed by atoms with Crippen molar-refractivity contribution in [3.05, 3.63) is 30.4 Å². The van der Waals surface area contributed by atoms with Gasteiger partial charge in [-0.05, 0) is 13.8 Å². The van der Waals surface area contributed by atoms with Crippen LogP contribution in [-0.4, -0.2) is 22.1 Å². The molecule has 0 atom stereocenters. The zero-order valence-corrected chi connectivity index (χ0v) is 8.49. The number of ether oxygens (including phenoxy) is 1. The minimum atomic E-state index is -0.388. The van der Waals surface area contributed by atoms with Gasteiger partial charge in [-0.15, -0.1) is 0 Å². The lowest BCUT2D eigenvalue weighted by atomic mass is 10.5. The molecule has 0 N–H and O–H groups in total. The van der Waals surface area contributed by atoms with Crippen LogP contribution in [0.5, 0.6) is 0 Å². The Labute approximate surface area is 83.2 Å². The van der Waals surface area contributed by atoms with E-state index in [0.29, 0.717) is 13.2 Å². The second kappa shape index (κ2) is 4.60. The monoisotopic (exact) mass is 194 g/mol. The van der Waals surface area contributed by atoms with Gasteiger partial charge >= 0.3 is 5.97 Å². The third kappa shape index (κ3) is 2.45. The van der Waals surface area contributed by atoms with Gasteiger partial charge in [-0.25, -0.2) is 9.78 Å². The second-order valence-corrected chi connectivity index (χ2v) is 2.97. The molecule has 1 rings (SSSR count). The zero-order valence-electron chi connectivity index (χ0n) is 8.49. The Morgan fingerprint density at radius 1 is 1.71 bits per heavy atom. The lowest BCUT2D eigenvalue weighted by Crippen LogP contribution is -2.11. The van der Waals surface area contributed by atoms with Gasteiger partial charge in [0.15, 0.2) is 0 Å². The van der Waals surface area contributed by atoms with Gasteiger partial charge in [0.05, 0.1) is 6.54 Å². The number of nitrogens with zero attached hydrogens (tertiary/aromatic N) is 2. The predicted octanol–water partition coefficient (Wildman–Crippen LogP) is 1.23. The van der Waals surface area contributed by atoms with Gasteiger partial charge in [-0.2, -0.15) is 0 Å². The van der Waals surface area contributed by atoms with Crippen molar-refractivity contribution in [3.8, 4) is 0 Å². The molecule has 1 aromatic rings. The van der Waals surface area contributed by atoms with Crippen LogP contribution in [-0.2, 0) is 16.1 Å². The van der Waals surface area contributed by atoms with Crippen LogP contribution in [0.15, 0.2) is 18.9 Å². The lowest BCUT2D eigenvalue weighted by molar-refractivity contribution is -0.138. The minimum Gasteiger partial charge on any atom is -0.461 e. The van der Waals surface area contributed by atoms with E-state index in [0.717, 1.165) is 17.6 Å². The molecule has 0 bridgehead atoms. The van der Waals surface area contributed by atoms with E-state index in [1.807, 2.05) is 18.4 Å². The SMILES string of the molecule is C=CC(=O)OCCn1c(C)cnc1C. The van der Waals surface area contributed by atoms with Crippen LogP contribution >= 0.6 is 0 Å². The normalized spacial score (nSPS) is 9.86. The van der Waals surface area contributed by atoms with Crippen molar-refractivity contribution < 1.29 is 9.53 Å². The Hall–Kier alpha value is -1.58. The molecule has 0 aliphatic heterocycles. The number of aromatic nitrogens is 2. The van der Waals surface area contributed by atoms with E-state index in [1.165, 1.54) is 0 Å². The van der Waals surface area contributed by atoms with Gasteiger partial charge in [-0.3, -0.25) is 0 Å². The van der Waals surface area contributed by atoms with Gasteiger partial charge < -0.3 is 9.30 Å². The predicted molar refractivity (Wildman–Crippen MR) is 52.9 cm³/mol. The van der Waals surface area contributed by atoms with Gasteiger partial charge in [0.25, 0.3) is 0 Å². The number of imidazole rings is 1. The number of carbonyl (C=O) groups excluding carboxylic acids is 1. The van der Waals surface area contributed by atoms with Crippen LogP contribution in [0.25, 0.3) is 0 Å². The van der Waals surface area contributed by atoms with E-state index in [2.05, 4.69) is 11.6 Å². The van der Waals surface area contributed by atoms with E-state index in [9.17, 15) is 4.79 Å². The topological polar surface area (TPSA) is 44.1 Å². The molecule has 1 aromatic heterocycles. The van der Waals surface area contributed by atoms with Gasteiger partial charge in [0, 0.05) is 18.0 Å². The fraction of sp³-hybridized carbons (Fsp3) is 0.400. The Morgan fingerprint density at radius 3 is 2.93 bits per heavy atom. The molecular formula is C10H14N2O2. The first kappa shape index (κ1) is 10.5. The highest BCUT2D eigenvalue weighted by Crippen LogP contribution is 2.02. The largest absolute Gasteiger partial charge is 0.461 e. The first-order valence-electron chi connectivity index (χ1n) is 4.43. The van der Waals surface area contributed by atoms with E-state index < -0.39 is 0 Å². The summed E-state index contributed by atoms with van der Waals surface area (Å²) < 4.78 is 6.87. The summed E-state index contributed by atoms with van der Waals surface area (Å²) in [4.78, 5) is 14.9. The molecule has 0 amide bonds. The fourth-order valence-electron chi connectivity index (χ4n) is 1.22. The summed E-state index contributed by atoms with van der Waals surface area (Å²) >= 11 is 0. The summed E-state index contributed by atoms with van der Waals surface area (Å²) in [6.45, 7) is 8.19.